The minimum Gasteiger partial charge on any atom is -0.330 e. The number of carbonyl (C=O) groups excluding carboxylic acids is 1. The van der Waals surface area contributed by atoms with Crippen molar-refractivity contribution in [3.8, 4) is 0 Å². The minimum atomic E-state index is -0.0947. The van der Waals surface area contributed by atoms with Gasteiger partial charge in [-0.25, -0.2) is 5.84 Å². The van der Waals surface area contributed by atoms with Crippen molar-refractivity contribution in [2.24, 2.45) is 23.4 Å². The molecule has 78 valence electrons. The van der Waals surface area contributed by atoms with Gasteiger partial charge in [0.05, 0.1) is 0 Å². The lowest BCUT2D eigenvalue weighted by Crippen LogP contribution is -2.30. The molecule has 0 rings (SSSR count). The average molecular weight is 187 g/mol. The highest BCUT2D eigenvalue weighted by atomic mass is 16.2. The van der Waals surface area contributed by atoms with Crippen LogP contribution < -0.4 is 17.0 Å². The fourth-order valence-electron chi connectivity index (χ4n) is 1.41. The number of nitrogens with one attached hydrogen (secondary N) is 1. The summed E-state index contributed by atoms with van der Waals surface area (Å²) in [6, 6.07) is 0. The van der Waals surface area contributed by atoms with Crippen molar-refractivity contribution in [3.05, 3.63) is 0 Å². The van der Waals surface area contributed by atoms with Gasteiger partial charge in [-0.3, -0.25) is 10.2 Å². The molecule has 4 nitrogen and oxygen atoms in total. The third kappa shape index (κ3) is 5.60. The van der Waals surface area contributed by atoms with Gasteiger partial charge >= 0.3 is 0 Å². The summed E-state index contributed by atoms with van der Waals surface area (Å²) >= 11 is 0. The lowest BCUT2D eigenvalue weighted by Gasteiger charge is -2.19. The molecule has 13 heavy (non-hydrogen) atoms. The van der Waals surface area contributed by atoms with Crippen LogP contribution in [0.1, 0.15) is 33.1 Å². The standard InChI is InChI=1S/C9H21N3O/c1-7(2)8(5-6-10)3-4-9(13)12-11/h7-8H,3-6,10-11H2,1-2H3,(H,12,13). The molecule has 4 heteroatoms. The summed E-state index contributed by atoms with van der Waals surface area (Å²) in [6.07, 6.45) is 2.35. The maximum Gasteiger partial charge on any atom is 0.233 e. The van der Waals surface area contributed by atoms with Crippen molar-refractivity contribution in [1.82, 2.24) is 5.43 Å². The highest BCUT2D eigenvalue weighted by Crippen LogP contribution is 2.19. The first kappa shape index (κ1) is 12.4. The Hall–Kier alpha value is -0.610. The van der Waals surface area contributed by atoms with Crippen LogP contribution in [0.4, 0.5) is 0 Å². The van der Waals surface area contributed by atoms with Crippen LogP contribution in [0.25, 0.3) is 0 Å². The van der Waals surface area contributed by atoms with Crippen molar-refractivity contribution in [1.29, 1.82) is 0 Å². The van der Waals surface area contributed by atoms with Gasteiger partial charge in [-0.1, -0.05) is 13.8 Å². The SMILES string of the molecule is CC(C)C(CCN)CCC(=O)NN. The summed E-state index contributed by atoms with van der Waals surface area (Å²) in [5, 5.41) is 0. The average Bonchev–Trinajstić information content (AvgIpc) is 2.11. The largest absolute Gasteiger partial charge is 0.330 e. The number of hydrogen-bond donors (Lipinski definition) is 3. The van der Waals surface area contributed by atoms with Crippen LogP contribution in [0.15, 0.2) is 0 Å². The summed E-state index contributed by atoms with van der Waals surface area (Å²) in [5.41, 5.74) is 7.61. The molecule has 5 N–H and O–H groups in total. The monoisotopic (exact) mass is 187 g/mol. The Balaban J connectivity index is 3.75. The Kier molecular flexibility index (Phi) is 6.54. The molecule has 1 unspecified atom stereocenters. The van der Waals surface area contributed by atoms with E-state index in [4.69, 9.17) is 11.6 Å². The van der Waals surface area contributed by atoms with Gasteiger partial charge in [0.25, 0.3) is 0 Å². The molecule has 1 amide bonds. The fraction of sp³-hybridized carbons (Fsp3) is 0.889. The maximum absolute atomic E-state index is 10.9. The van der Waals surface area contributed by atoms with E-state index in [-0.39, 0.29) is 5.91 Å². The van der Waals surface area contributed by atoms with E-state index in [0.717, 1.165) is 12.8 Å². The molecule has 0 aliphatic carbocycles. The van der Waals surface area contributed by atoms with Crippen molar-refractivity contribution in [2.45, 2.75) is 33.1 Å². The van der Waals surface area contributed by atoms with Gasteiger partial charge in [-0.05, 0) is 31.2 Å². The van der Waals surface area contributed by atoms with Gasteiger partial charge < -0.3 is 5.73 Å². The van der Waals surface area contributed by atoms with E-state index in [0.29, 0.717) is 24.8 Å². The van der Waals surface area contributed by atoms with Crippen molar-refractivity contribution in [3.63, 3.8) is 0 Å². The summed E-state index contributed by atoms with van der Waals surface area (Å²) in [6.45, 7) is 4.99. The van der Waals surface area contributed by atoms with Crippen LogP contribution in [-0.2, 0) is 4.79 Å². The van der Waals surface area contributed by atoms with E-state index < -0.39 is 0 Å². The van der Waals surface area contributed by atoms with Gasteiger partial charge in [-0.2, -0.15) is 0 Å². The molecule has 0 saturated carbocycles. The fourth-order valence-corrected chi connectivity index (χ4v) is 1.41. The second-order valence-corrected chi connectivity index (χ2v) is 3.69. The first-order valence-corrected chi connectivity index (χ1v) is 4.81. The number of nitrogens with two attached hydrogens (primary N) is 2. The number of rotatable bonds is 6. The predicted octanol–water partition coefficient (Wildman–Crippen LogP) is 0.378. The molecule has 0 aromatic carbocycles. The quantitative estimate of drug-likeness (QED) is 0.319. The summed E-state index contributed by atoms with van der Waals surface area (Å²) in [7, 11) is 0. The van der Waals surface area contributed by atoms with E-state index in [1.54, 1.807) is 0 Å². The molecule has 0 radical (unpaired) electrons. The summed E-state index contributed by atoms with van der Waals surface area (Å²) in [4.78, 5) is 10.9. The van der Waals surface area contributed by atoms with E-state index in [1.807, 2.05) is 0 Å². The van der Waals surface area contributed by atoms with E-state index in [9.17, 15) is 4.79 Å². The number of hydrogen-bond acceptors (Lipinski definition) is 3. The number of hydrazine groups is 1. The molecule has 1 atom stereocenters. The molecule has 0 aromatic rings. The normalized spacial score (nSPS) is 13.0. The smallest absolute Gasteiger partial charge is 0.233 e. The molecular formula is C9H21N3O. The maximum atomic E-state index is 10.9. The molecule has 0 bridgehead atoms. The Labute approximate surface area is 80.0 Å². The first-order valence-electron chi connectivity index (χ1n) is 4.81. The molecular weight excluding hydrogens is 166 g/mol. The second kappa shape index (κ2) is 6.86. The van der Waals surface area contributed by atoms with Crippen LogP contribution in [0, 0.1) is 11.8 Å². The van der Waals surface area contributed by atoms with Crippen LogP contribution in [0.2, 0.25) is 0 Å². The topological polar surface area (TPSA) is 81.1 Å². The van der Waals surface area contributed by atoms with Crippen molar-refractivity contribution >= 4 is 5.91 Å². The predicted molar refractivity (Wildman–Crippen MR) is 53.6 cm³/mol. The summed E-state index contributed by atoms with van der Waals surface area (Å²) in [5.74, 6) is 6.00. The van der Waals surface area contributed by atoms with Crippen molar-refractivity contribution < 1.29 is 4.79 Å². The molecule has 0 fully saturated rings. The third-order valence-corrected chi connectivity index (χ3v) is 2.38. The minimum absolute atomic E-state index is 0.0947. The second-order valence-electron chi connectivity index (χ2n) is 3.69. The van der Waals surface area contributed by atoms with Crippen LogP contribution in [0.3, 0.4) is 0 Å². The van der Waals surface area contributed by atoms with Gasteiger partial charge in [-0.15, -0.1) is 0 Å². The molecule has 0 aliphatic heterocycles. The Morgan fingerprint density at radius 3 is 2.38 bits per heavy atom. The zero-order valence-corrected chi connectivity index (χ0v) is 8.55. The van der Waals surface area contributed by atoms with Gasteiger partial charge in [0, 0.05) is 6.42 Å². The van der Waals surface area contributed by atoms with Crippen LogP contribution in [0.5, 0.6) is 0 Å². The Morgan fingerprint density at radius 1 is 1.38 bits per heavy atom. The molecule has 0 spiro atoms. The van der Waals surface area contributed by atoms with Crippen LogP contribution >= 0.6 is 0 Å². The highest BCUT2D eigenvalue weighted by molar-refractivity contribution is 5.75. The lowest BCUT2D eigenvalue weighted by atomic mass is 9.88. The van der Waals surface area contributed by atoms with Crippen molar-refractivity contribution in [2.75, 3.05) is 6.54 Å². The van der Waals surface area contributed by atoms with Gasteiger partial charge in [0.2, 0.25) is 5.91 Å². The molecule has 0 aliphatic rings. The molecule has 0 heterocycles. The third-order valence-electron chi connectivity index (χ3n) is 2.38. The lowest BCUT2D eigenvalue weighted by molar-refractivity contribution is -0.121. The molecule has 0 saturated heterocycles. The summed E-state index contributed by atoms with van der Waals surface area (Å²) < 4.78 is 0. The van der Waals surface area contributed by atoms with E-state index in [2.05, 4.69) is 19.3 Å². The Bertz CT molecular complexity index is 148. The molecule has 0 aromatic heterocycles. The van der Waals surface area contributed by atoms with E-state index in [1.165, 1.54) is 0 Å². The number of carbonyl (C=O) groups is 1. The van der Waals surface area contributed by atoms with E-state index >= 15 is 0 Å². The van der Waals surface area contributed by atoms with Gasteiger partial charge in [0.15, 0.2) is 0 Å². The van der Waals surface area contributed by atoms with Gasteiger partial charge in [0.1, 0.15) is 0 Å². The zero-order valence-electron chi connectivity index (χ0n) is 8.55. The highest BCUT2D eigenvalue weighted by Gasteiger charge is 2.13. The Morgan fingerprint density at radius 2 is 2.00 bits per heavy atom. The van der Waals surface area contributed by atoms with Crippen LogP contribution in [-0.4, -0.2) is 12.5 Å². The first-order chi connectivity index (χ1) is 6.11. The number of amides is 1. The zero-order chi connectivity index (χ0) is 10.3.